The van der Waals surface area contributed by atoms with Crippen molar-refractivity contribution in [3.63, 3.8) is 0 Å². The minimum atomic E-state index is -0.381. The molecule has 6 rings (SSSR count). The SMILES string of the molecule is CCCCC(CC)c1nc2/c(=C/c3ccc(C)s3)c(C)c(C#N)c(=O)n2n1.CCCCN(CCCC)c1ccc(N=C2SC(=NC#N)N=C2C)c(C)c1.[C-]#[N+]c1c(N(CCCC)CCCC)sc(C=C(C#N)C#N)c1C. The molecule has 1 aliphatic rings. The first-order chi connectivity index (χ1) is 36.7. The number of aromatic nitrogens is 3. The molecule has 0 saturated carbocycles. The number of hydrogen-bond donors (Lipinski definition) is 0. The summed E-state index contributed by atoms with van der Waals surface area (Å²) in [5, 5.41) is 43.6. The highest BCUT2D eigenvalue weighted by atomic mass is 32.2. The number of fused-ring (bicyclic) bond motifs is 1. The molecule has 0 N–H and O–H groups in total. The predicted octanol–water partition coefficient (Wildman–Crippen LogP) is 14.8. The Morgan fingerprint density at radius 2 is 1.46 bits per heavy atom. The Balaban J connectivity index is 0.000000247. The van der Waals surface area contributed by atoms with Gasteiger partial charge in [0.1, 0.15) is 34.4 Å². The molecule has 1 unspecified atom stereocenters. The number of anilines is 2. The van der Waals surface area contributed by atoms with Crippen molar-refractivity contribution in [3.8, 4) is 24.4 Å². The number of thioether (sulfide) groups is 1. The van der Waals surface area contributed by atoms with Crippen molar-refractivity contribution in [2.45, 2.75) is 159 Å². The summed E-state index contributed by atoms with van der Waals surface area (Å²) < 4.78 is 1.32. The summed E-state index contributed by atoms with van der Waals surface area (Å²) in [7, 11) is 0. The van der Waals surface area contributed by atoms with E-state index in [0.29, 0.717) is 27.9 Å². The Morgan fingerprint density at radius 3 is 1.99 bits per heavy atom. The minimum absolute atomic E-state index is 0.0751. The Labute approximate surface area is 463 Å². The van der Waals surface area contributed by atoms with Crippen molar-refractivity contribution in [3.05, 3.63) is 106 Å². The lowest BCUT2D eigenvalue weighted by atomic mass is 9.99. The van der Waals surface area contributed by atoms with Gasteiger partial charge in [0.2, 0.25) is 17.0 Å². The molecule has 17 heteroatoms. The molecule has 398 valence electrons. The number of aliphatic imine (C=N–C) groups is 3. The zero-order valence-electron chi connectivity index (χ0n) is 46.4. The molecule has 0 saturated heterocycles. The van der Waals surface area contributed by atoms with Crippen LogP contribution in [0.3, 0.4) is 0 Å². The topological polar surface area (TPSA) is 190 Å². The number of rotatable bonds is 22. The van der Waals surface area contributed by atoms with Crippen molar-refractivity contribution in [2.24, 2.45) is 15.0 Å². The standard InChI is InChI=1S/C21H24N4OS.C20H27N5S.C18H22N4S/c1-5-7-8-15(6-2)19-23-20-17(11-16-10-9-13(3)27-16)14(4)18(12-22)21(26)25(20)24-19;1-5-7-11-25(12-8-6-2)17-9-10-18(15(3)13-17)24-19-16(4)23-20(26-19)22-14-21;1-5-7-9-22(10-8-6-2)18-17(21-4)14(3)16(23-18)11-15(12-19)13-20/h9-11,15H,5-8H2,1-4H3;9-10,13H,5-8,11-12H2,1-4H3;11H,5-10H2,1-3H3/b17-11+;;. The second kappa shape index (κ2) is 31.8. The van der Waals surface area contributed by atoms with Gasteiger partial charge in [-0.25, -0.2) is 19.8 Å². The summed E-state index contributed by atoms with van der Waals surface area (Å²) in [6.07, 6.45) is 18.8. The number of unbranched alkanes of at least 4 members (excludes halogenated alkanes) is 5. The lowest BCUT2D eigenvalue weighted by Gasteiger charge is -2.25. The van der Waals surface area contributed by atoms with Gasteiger partial charge in [0.25, 0.3) is 5.56 Å². The maximum absolute atomic E-state index is 12.8. The molecule has 5 heterocycles. The van der Waals surface area contributed by atoms with Crippen LogP contribution in [-0.4, -0.2) is 56.7 Å². The van der Waals surface area contributed by atoms with Crippen LogP contribution < -0.4 is 20.6 Å². The molecule has 4 aromatic heterocycles. The van der Waals surface area contributed by atoms with Crippen LogP contribution in [0.15, 0.2) is 55.7 Å². The molecule has 0 bridgehead atoms. The van der Waals surface area contributed by atoms with E-state index in [2.05, 4.69) is 115 Å². The largest absolute Gasteiger partial charge is 0.372 e. The van der Waals surface area contributed by atoms with Gasteiger partial charge in [0.15, 0.2) is 11.5 Å². The summed E-state index contributed by atoms with van der Waals surface area (Å²) in [4.78, 5) is 41.8. The number of benzene rings is 1. The monoisotopic (exact) mass is 1080 g/mol. The van der Waals surface area contributed by atoms with Crippen LogP contribution in [0.25, 0.3) is 22.6 Å². The summed E-state index contributed by atoms with van der Waals surface area (Å²) in [6.45, 7) is 34.4. The van der Waals surface area contributed by atoms with Crippen molar-refractivity contribution in [2.75, 3.05) is 36.0 Å². The summed E-state index contributed by atoms with van der Waals surface area (Å²) in [6, 6.07) is 16.4. The lowest BCUT2D eigenvalue weighted by Crippen LogP contribution is -2.27. The van der Waals surface area contributed by atoms with Gasteiger partial charge in [-0.15, -0.1) is 32.8 Å². The van der Waals surface area contributed by atoms with Crippen LogP contribution in [0.4, 0.5) is 22.1 Å². The number of hydrogen-bond acceptors (Lipinski definition) is 14. The van der Waals surface area contributed by atoms with Crippen molar-refractivity contribution in [1.29, 1.82) is 21.0 Å². The molecule has 5 aromatic rings. The first kappa shape index (κ1) is 61.6. The molecule has 0 amide bonds. The van der Waals surface area contributed by atoms with E-state index in [-0.39, 0.29) is 22.6 Å². The van der Waals surface area contributed by atoms with Crippen LogP contribution in [-0.2, 0) is 0 Å². The van der Waals surface area contributed by atoms with E-state index in [9.17, 15) is 10.1 Å². The molecule has 0 fully saturated rings. The van der Waals surface area contributed by atoms with Gasteiger partial charge in [0.05, 0.1) is 23.0 Å². The Morgan fingerprint density at radius 1 is 0.829 bits per heavy atom. The Hall–Kier alpha value is -6.94. The van der Waals surface area contributed by atoms with E-state index in [4.69, 9.17) is 32.3 Å². The molecule has 14 nitrogen and oxygen atoms in total. The van der Waals surface area contributed by atoms with Gasteiger partial charge < -0.3 is 9.80 Å². The third-order valence-corrected chi connectivity index (χ3v) is 16.0. The smallest absolute Gasteiger partial charge is 0.291 e. The van der Waals surface area contributed by atoms with Gasteiger partial charge in [-0.05, 0) is 144 Å². The van der Waals surface area contributed by atoms with Crippen LogP contribution in [0.2, 0.25) is 0 Å². The summed E-state index contributed by atoms with van der Waals surface area (Å²) in [5.74, 6) is 0.932. The van der Waals surface area contributed by atoms with Crippen LogP contribution in [0.5, 0.6) is 0 Å². The van der Waals surface area contributed by atoms with Gasteiger partial charge in [-0.1, -0.05) is 80.1 Å². The van der Waals surface area contributed by atoms with Crippen LogP contribution in [0, 0.1) is 79.7 Å². The first-order valence-electron chi connectivity index (χ1n) is 26.5. The Kier molecular flexibility index (Phi) is 25.8. The van der Waals surface area contributed by atoms with E-state index in [1.165, 1.54) is 63.9 Å². The molecular weight excluding hydrogens is 1000 g/mol. The van der Waals surface area contributed by atoms with Gasteiger partial charge >= 0.3 is 0 Å². The number of amidine groups is 1. The first-order valence-corrected chi connectivity index (χ1v) is 29.0. The molecular formula is C59H73N13OS3. The fraction of sp³-hybridized carbons (Fsp3) is 0.475. The molecule has 1 aromatic carbocycles. The number of nitrogens with zero attached hydrogens (tertiary/aromatic N) is 13. The number of thiophene rings is 2. The molecule has 0 aliphatic carbocycles. The summed E-state index contributed by atoms with van der Waals surface area (Å²) >= 11 is 4.53. The maximum Gasteiger partial charge on any atom is 0.291 e. The second-order valence-electron chi connectivity index (χ2n) is 18.6. The highest BCUT2D eigenvalue weighted by Crippen LogP contribution is 2.44. The van der Waals surface area contributed by atoms with Crippen LogP contribution >= 0.6 is 34.4 Å². The third-order valence-electron chi connectivity index (χ3n) is 12.8. The average molecular weight is 1080 g/mol. The van der Waals surface area contributed by atoms with Gasteiger partial charge in [-0.3, -0.25) is 4.79 Å². The van der Waals surface area contributed by atoms with Crippen LogP contribution in [0.1, 0.15) is 174 Å². The molecule has 0 radical (unpaired) electrons. The normalized spacial score (nSPS) is 13.3. The Bertz CT molecular complexity index is 3200. The fourth-order valence-corrected chi connectivity index (χ4v) is 11.1. The summed E-state index contributed by atoms with van der Waals surface area (Å²) in [5.41, 5.74) is 6.73. The number of allylic oxidation sites excluding steroid dienone is 1. The fourth-order valence-electron chi connectivity index (χ4n) is 8.26. The highest BCUT2D eigenvalue weighted by Gasteiger charge is 2.22. The van der Waals surface area contributed by atoms with Crippen molar-refractivity contribution in [1.82, 2.24) is 14.6 Å². The van der Waals surface area contributed by atoms with Crippen molar-refractivity contribution >= 4 is 90.2 Å². The molecule has 0 spiro atoms. The van der Waals surface area contributed by atoms with E-state index in [1.54, 1.807) is 23.6 Å². The highest BCUT2D eigenvalue weighted by molar-refractivity contribution is 8.28. The number of pyridine rings is 1. The number of aryl methyl sites for hydroxylation is 2. The molecule has 1 aliphatic heterocycles. The zero-order valence-corrected chi connectivity index (χ0v) is 48.8. The van der Waals surface area contributed by atoms with E-state index in [1.807, 2.05) is 45.1 Å². The molecule has 1 atom stereocenters. The maximum atomic E-state index is 12.8. The van der Waals surface area contributed by atoms with Gasteiger partial charge in [-0.2, -0.15) is 25.6 Å². The predicted molar refractivity (Wildman–Crippen MR) is 320 cm³/mol. The minimum Gasteiger partial charge on any atom is -0.372 e. The van der Waals surface area contributed by atoms with E-state index >= 15 is 0 Å². The van der Waals surface area contributed by atoms with E-state index < -0.39 is 0 Å². The lowest BCUT2D eigenvalue weighted by molar-refractivity contribution is 0.542. The third kappa shape index (κ3) is 16.8. The van der Waals surface area contributed by atoms with Crippen molar-refractivity contribution < 1.29 is 0 Å². The zero-order chi connectivity index (χ0) is 55.7. The van der Waals surface area contributed by atoms with Gasteiger partial charge in [0, 0.05) is 57.6 Å². The molecule has 76 heavy (non-hydrogen) atoms. The average Bonchev–Trinajstić information content (AvgIpc) is 4.21. The number of nitriles is 4. The second-order valence-corrected chi connectivity index (χ2v) is 21.9. The van der Waals surface area contributed by atoms with E-state index in [0.717, 1.165) is 125 Å². The quantitative estimate of drug-likeness (QED) is 0.0366.